The van der Waals surface area contributed by atoms with Crippen molar-refractivity contribution in [3.63, 3.8) is 0 Å². The highest BCUT2D eigenvalue weighted by Gasteiger charge is 2.38. The van der Waals surface area contributed by atoms with Gasteiger partial charge >= 0.3 is 12.1 Å². The van der Waals surface area contributed by atoms with Crippen LogP contribution in [-0.4, -0.2) is 55.3 Å². The van der Waals surface area contributed by atoms with Crippen molar-refractivity contribution in [3.8, 4) is 11.5 Å². The number of benzene rings is 3. The van der Waals surface area contributed by atoms with Gasteiger partial charge in [-0.15, -0.1) is 0 Å². The number of carbonyl (C=O) groups is 2. The quantitative estimate of drug-likeness (QED) is 0.0982. The number of rotatable bonds is 13. The van der Waals surface area contributed by atoms with Gasteiger partial charge in [0, 0.05) is 29.9 Å². The highest BCUT2D eigenvalue weighted by molar-refractivity contribution is 7.89. The van der Waals surface area contributed by atoms with Gasteiger partial charge < -0.3 is 30.9 Å². The molecule has 286 valence electrons. The predicted octanol–water partition coefficient (Wildman–Crippen LogP) is 6.72. The number of nitrogens with zero attached hydrogens (tertiary/aromatic N) is 1. The number of ether oxygens (including phenoxy) is 2. The van der Waals surface area contributed by atoms with Gasteiger partial charge in [0.15, 0.2) is 11.5 Å². The maximum absolute atomic E-state index is 14.0. The molecule has 1 heterocycles. The lowest BCUT2D eigenvalue weighted by molar-refractivity contribution is -0.192. The number of amides is 1. The van der Waals surface area contributed by atoms with Gasteiger partial charge in [0.25, 0.3) is 0 Å². The number of aliphatic carboxylic acids is 1. The zero-order valence-electron chi connectivity index (χ0n) is 29.6. The number of carboxylic acids is 1. The van der Waals surface area contributed by atoms with Crippen molar-refractivity contribution in [3.05, 3.63) is 84.1 Å². The van der Waals surface area contributed by atoms with E-state index in [4.69, 9.17) is 25.1 Å². The van der Waals surface area contributed by atoms with Gasteiger partial charge in [0.1, 0.15) is 11.9 Å². The number of carbonyl (C=O) groups excluding carboxylic acids is 1. The molecular formula is C37H44F3N5O7S. The molecule has 0 bridgehead atoms. The first kappa shape index (κ1) is 40.7. The topological polar surface area (TPSA) is 182 Å². The van der Waals surface area contributed by atoms with Crippen molar-refractivity contribution in [1.82, 2.24) is 15.0 Å². The Balaban J connectivity index is 0.000000815. The van der Waals surface area contributed by atoms with Crippen LogP contribution in [0.15, 0.2) is 77.8 Å². The third-order valence-corrected chi connectivity index (χ3v) is 9.84. The molecule has 0 aliphatic heterocycles. The summed E-state index contributed by atoms with van der Waals surface area (Å²) in [5.74, 6) is -1.57. The summed E-state index contributed by atoms with van der Waals surface area (Å²) in [7, 11) is -3.77. The van der Waals surface area contributed by atoms with Crippen molar-refractivity contribution in [2.24, 2.45) is 0 Å². The van der Waals surface area contributed by atoms with Crippen molar-refractivity contribution >= 4 is 44.2 Å². The second-order valence-corrected chi connectivity index (χ2v) is 14.3. The van der Waals surface area contributed by atoms with Crippen molar-refractivity contribution in [2.45, 2.75) is 88.7 Å². The van der Waals surface area contributed by atoms with Gasteiger partial charge in [0.05, 0.1) is 17.6 Å². The van der Waals surface area contributed by atoms with E-state index in [1.807, 2.05) is 51.1 Å². The molecule has 1 amide bonds. The number of aromatic nitrogens is 1. The molecule has 6 N–H and O–H groups in total. The summed E-state index contributed by atoms with van der Waals surface area (Å²) < 4.78 is 73.3. The molecule has 1 saturated carbocycles. The van der Waals surface area contributed by atoms with Gasteiger partial charge in [-0.1, -0.05) is 43.5 Å². The standard InChI is InChI=1S/C35H43N5O5S.C2HF3O2/c1-4-44-31-21-25(14-17-30(31)45-23(2)3)33(39-28-15-16-29-24(20-28)18-19-37-34(29)36)35(41)38-22-26-10-8-9-13-32(26)46(42,43)40-27-11-6-5-7-12-27;3-2(4,5)1(6)7/h8-10,13-21,23,27,33,39-40H,4-7,11-12,22H2,1-3H3,(H2,36,37)(H,38,41);(H,6,7). The Morgan fingerprint density at radius 3 is 2.36 bits per heavy atom. The third kappa shape index (κ3) is 11.4. The monoisotopic (exact) mass is 759 g/mol. The average Bonchev–Trinajstić information content (AvgIpc) is 3.10. The Morgan fingerprint density at radius 2 is 1.70 bits per heavy atom. The fourth-order valence-electron chi connectivity index (χ4n) is 5.78. The Bertz CT molecular complexity index is 1990. The first-order valence-corrected chi connectivity index (χ1v) is 18.6. The molecular weight excluding hydrogens is 715 g/mol. The lowest BCUT2D eigenvalue weighted by Crippen LogP contribution is -2.37. The minimum atomic E-state index is -5.08. The maximum atomic E-state index is 14.0. The molecule has 1 aromatic heterocycles. The Labute approximate surface area is 306 Å². The highest BCUT2D eigenvalue weighted by atomic mass is 32.2. The summed E-state index contributed by atoms with van der Waals surface area (Å²) in [6.45, 7) is 6.20. The molecule has 1 aliphatic rings. The van der Waals surface area contributed by atoms with E-state index in [-0.39, 0.29) is 29.5 Å². The maximum Gasteiger partial charge on any atom is 0.490 e. The van der Waals surface area contributed by atoms with Crippen molar-refractivity contribution < 1.29 is 45.8 Å². The van der Waals surface area contributed by atoms with Crippen LogP contribution in [0, 0.1) is 0 Å². The molecule has 0 saturated heterocycles. The molecule has 1 fully saturated rings. The van der Waals surface area contributed by atoms with Crippen LogP contribution < -0.4 is 30.6 Å². The molecule has 12 nitrogen and oxygen atoms in total. The van der Waals surface area contributed by atoms with Crippen LogP contribution in [0.5, 0.6) is 11.5 Å². The van der Waals surface area contributed by atoms with Crippen LogP contribution in [-0.2, 0) is 26.2 Å². The molecule has 4 aromatic rings. The normalized spacial score (nSPS) is 14.2. The first-order valence-electron chi connectivity index (χ1n) is 17.1. The molecule has 3 aromatic carbocycles. The molecule has 53 heavy (non-hydrogen) atoms. The minimum Gasteiger partial charge on any atom is -0.490 e. The van der Waals surface area contributed by atoms with E-state index in [0.717, 1.165) is 42.9 Å². The summed E-state index contributed by atoms with van der Waals surface area (Å²) in [5.41, 5.74) is 7.90. The van der Waals surface area contributed by atoms with E-state index in [1.54, 1.807) is 42.6 Å². The zero-order chi connectivity index (χ0) is 38.8. The highest BCUT2D eigenvalue weighted by Crippen LogP contribution is 2.34. The Morgan fingerprint density at radius 1 is 1.00 bits per heavy atom. The summed E-state index contributed by atoms with van der Waals surface area (Å²) >= 11 is 0. The number of anilines is 2. The van der Waals surface area contributed by atoms with Crippen LogP contribution in [0.3, 0.4) is 0 Å². The number of fused-ring (bicyclic) bond motifs is 1. The summed E-state index contributed by atoms with van der Waals surface area (Å²) in [4.78, 5) is 27.2. The average molecular weight is 760 g/mol. The number of nitrogens with two attached hydrogens (primary N) is 1. The number of nitrogens with one attached hydrogen (secondary N) is 3. The summed E-state index contributed by atoms with van der Waals surface area (Å²) in [5, 5.41) is 15.2. The van der Waals surface area contributed by atoms with Gasteiger partial charge in [-0.05, 0) is 92.6 Å². The number of hydrogen-bond donors (Lipinski definition) is 5. The lowest BCUT2D eigenvalue weighted by Gasteiger charge is -2.24. The smallest absolute Gasteiger partial charge is 0.490 e. The molecule has 1 aliphatic carbocycles. The third-order valence-electron chi connectivity index (χ3n) is 8.22. The minimum absolute atomic E-state index is 0.0194. The van der Waals surface area contributed by atoms with E-state index >= 15 is 0 Å². The van der Waals surface area contributed by atoms with Gasteiger partial charge in [-0.3, -0.25) is 4.79 Å². The molecule has 1 atom stereocenters. The van der Waals surface area contributed by atoms with Gasteiger partial charge in [-0.25, -0.2) is 22.9 Å². The lowest BCUT2D eigenvalue weighted by atomic mass is 9.96. The van der Waals surface area contributed by atoms with E-state index in [1.165, 1.54) is 0 Å². The predicted molar refractivity (Wildman–Crippen MR) is 195 cm³/mol. The van der Waals surface area contributed by atoms with Crippen LogP contribution in [0.1, 0.15) is 70.0 Å². The molecule has 5 rings (SSSR count). The molecule has 16 heteroatoms. The van der Waals surface area contributed by atoms with Crippen LogP contribution in [0.2, 0.25) is 0 Å². The molecule has 0 spiro atoms. The number of pyridine rings is 1. The van der Waals surface area contributed by atoms with Crippen molar-refractivity contribution in [2.75, 3.05) is 17.7 Å². The number of carboxylic acid groups (broad SMARTS) is 1. The zero-order valence-corrected chi connectivity index (χ0v) is 30.4. The van der Waals surface area contributed by atoms with Crippen molar-refractivity contribution in [1.29, 1.82) is 0 Å². The number of sulfonamides is 1. The number of hydrogen-bond acceptors (Lipinski definition) is 9. The second kappa shape index (κ2) is 18.1. The Kier molecular flexibility index (Phi) is 13.9. The molecule has 0 radical (unpaired) electrons. The summed E-state index contributed by atoms with van der Waals surface area (Å²) in [6, 6.07) is 18.7. The van der Waals surface area contributed by atoms with Crippen LogP contribution in [0.25, 0.3) is 10.8 Å². The van der Waals surface area contributed by atoms with Crippen LogP contribution >= 0.6 is 0 Å². The van der Waals surface area contributed by atoms with E-state index < -0.39 is 28.2 Å². The van der Waals surface area contributed by atoms with Gasteiger partial charge in [-0.2, -0.15) is 13.2 Å². The van der Waals surface area contributed by atoms with Crippen LogP contribution in [0.4, 0.5) is 24.7 Å². The summed E-state index contributed by atoms with van der Waals surface area (Å²) in [6.07, 6.45) is 1.29. The van der Waals surface area contributed by atoms with E-state index in [9.17, 15) is 26.4 Å². The fourth-order valence-corrected chi connectivity index (χ4v) is 7.33. The number of nitrogen functional groups attached to an aromatic ring is 1. The van der Waals surface area contributed by atoms with Gasteiger partial charge in [0.2, 0.25) is 15.9 Å². The Hall–Kier alpha value is -5.09. The second-order valence-electron chi connectivity index (χ2n) is 12.6. The number of halogens is 3. The molecule has 1 unspecified atom stereocenters. The van der Waals surface area contributed by atoms with E-state index in [0.29, 0.717) is 40.7 Å². The SMILES string of the molecule is CCOc1cc(C(Nc2ccc3c(N)nccc3c2)C(=O)NCc2ccccc2S(=O)(=O)NC2CCCCC2)ccc1OC(C)C.O=C(O)C(F)(F)F. The largest absolute Gasteiger partial charge is 0.490 e. The number of alkyl halides is 3. The first-order chi connectivity index (χ1) is 25.1. The fraction of sp³-hybridized carbons (Fsp3) is 0.378. The van der Waals surface area contributed by atoms with E-state index in [2.05, 4.69) is 20.3 Å².